The number of hydrogen-bond acceptors (Lipinski definition) is 2. The average Bonchev–Trinajstić information content (AvgIpc) is 3.02. The molecule has 0 aromatic heterocycles. The summed E-state index contributed by atoms with van der Waals surface area (Å²) in [7, 11) is 2.26. The van der Waals surface area contributed by atoms with Crippen molar-refractivity contribution < 1.29 is 0 Å². The maximum atomic E-state index is 3.65. The van der Waals surface area contributed by atoms with Crippen LogP contribution in [0.2, 0.25) is 0 Å². The summed E-state index contributed by atoms with van der Waals surface area (Å²) >= 11 is 0. The monoisotopic (exact) mass is 274 g/mol. The topological polar surface area (TPSA) is 15.3 Å². The fourth-order valence-corrected chi connectivity index (χ4v) is 3.19. The van der Waals surface area contributed by atoms with Gasteiger partial charge >= 0.3 is 0 Å². The molecule has 1 N–H and O–H groups in total. The van der Waals surface area contributed by atoms with Crippen LogP contribution in [0.3, 0.4) is 0 Å². The molecular formula is C18H30N2. The second-order valence-corrected chi connectivity index (χ2v) is 6.73. The van der Waals surface area contributed by atoms with Crippen molar-refractivity contribution in [1.82, 2.24) is 10.2 Å². The van der Waals surface area contributed by atoms with Crippen LogP contribution in [0.5, 0.6) is 0 Å². The molecule has 20 heavy (non-hydrogen) atoms. The molecule has 112 valence electrons. The minimum absolute atomic E-state index is 0.442. The summed E-state index contributed by atoms with van der Waals surface area (Å²) in [6, 6.07) is 7.35. The zero-order chi connectivity index (χ0) is 14.7. The SMILES string of the molecule is CCNC(CN(C)CC1CC1C)c1cc(C)cc(C)c1. The highest BCUT2D eigenvalue weighted by molar-refractivity contribution is 5.31. The Bertz CT molecular complexity index is 421. The highest BCUT2D eigenvalue weighted by Crippen LogP contribution is 2.38. The van der Waals surface area contributed by atoms with Crippen molar-refractivity contribution in [1.29, 1.82) is 0 Å². The zero-order valence-corrected chi connectivity index (χ0v) is 13.7. The first-order valence-electron chi connectivity index (χ1n) is 7.99. The number of hydrogen-bond donors (Lipinski definition) is 1. The number of likely N-dealkylation sites (N-methyl/N-ethyl adjacent to an activating group) is 2. The van der Waals surface area contributed by atoms with Gasteiger partial charge in [0.2, 0.25) is 0 Å². The Balaban J connectivity index is 2.01. The normalized spacial score (nSPS) is 23.1. The molecule has 2 heteroatoms. The standard InChI is InChI=1S/C18H30N2/c1-6-19-18(12-20(5)11-17-10-15(17)4)16-8-13(2)7-14(3)9-16/h7-9,15,17-19H,6,10-12H2,1-5H3. The Kier molecular flexibility index (Phi) is 5.22. The van der Waals surface area contributed by atoms with Gasteiger partial charge in [-0.1, -0.05) is 43.2 Å². The van der Waals surface area contributed by atoms with E-state index in [-0.39, 0.29) is 0 Å². The minimum Gasteiger partial charge on any atom is -0.309 e. The Hall–Kier alpha value is -0.860. The predicted octanol–water partition coefficient (Wildman–Crippen LogP) is 3.54. The Labute approximate surface area is 124 Å². The van der Waals surface area contributed by atoms with E-state index in [0.717, 1.165) is 24.9 Å². The van der Waals surface area contributed by atoms with E-state index in [4.69, 9.17) is 0 Å². The summed E-state index contributed by atoms with van der Waals surface area (Å²) in [5, 5.41) is 3.65. The largest absolute Gasteiger partial charge is 0.309 e. The molecule has 3 unspecified atom stereocenters. The molecule has 0 radical (unpaired) electrons. The highest BCUT2D eigenvalue weighted by Gasteiger charge is 2.33. The van der Waals surface area contributed by atoms with Gasteiger partial charge in [-0.15, -0.1) is 0 Å². The van der Waals surface area contributed by atoms with E-state index >= 15 is 0 Å². The fourth-order valence-electron chi connectivity index (χ4n) is 3.19. The van der Waals surface area contributed by atoms with E-state index in [9.17, 15) is 0 Å². The van der Waals surface area contributed by atoms with E-state index < -0.39 is 0 Å². The van der Waals surface area contributed by atoms with E-state index in [0.29, 0.717) is 6.04 Å². The quantitative estimate of drug-likeness (QED) is 0.818. The van der Waals surface area contributed by atoms with E-state index in [1.807, 2.05) is 0 Å². The molecule has 1 aromatic rings. The predicted molar refractivity (Wildman–Crippen MR) is 87.1 cm³/mol. The van der Waals surface area contributed by atoms with Gasteiger partial charge < -0.3 is 10.2 Å². The second kappa shape index (κ2) is 6.73. The zero-order valence-electron chi connectivity index (χ0n) is 13.7. The van der Waals surface area contributed by atoms with Crippen LogP contribution in [0.1, 0.15) is 43.0 Å². The lowest BCUT2D eigenvalue weighted by atomic mass is 10.0. The number of benzene rings is 1. The van der Waals surface area contributed by atoms with Crippen LogP contribution in [-0.2, 0) is 0 Å². The molecule has 0 bridgehead atoms. The summed E-state index contributed by atoms with van der Waals surface area (Å²) in [6.45, 7) is 12.3. The molecule has 3 atom stereocenters. The van der Waals surface area contributed by atoms with Gasteiger partial charge in [0.1, 0.15) is 0 Å². The van der Waals surface area contributed by atoms with Crippen LogP contribution < -0.4 is 5.32 Å². The van der Waals surface area contributed by atoms with Crippen molar-refractivity contribution in [3.63, 3.8) is 0 Å². The molecule has 0 heterocycles. The van der Waals surface area contributed by atoms with Crippen molar-refractivity contribution >= 4 is 0 Å². The average molecular weight is 274 g/mol. The van der Waals surface area contributed by atoms with Gasteiger partial charge in [-0.25, -0.2) is 0 Å². The molecule has 0 saturated heterocycles. The van der Waals surface area contributed by atoms with E-state index in [2.05, 4.69) is 63.2 Å². The third-order valence-corrected chi connectivity index (χ3v) is 4.41. The van der Waals surface area contributed by atoms with E-state index in [1.54, 1.807) is 0 Å². The maximum Gasteiger partial charge on any atom is 0.0449 e. The van der Waals surface area contributed by atoms with Gasteiger partial charge in [-0.3, -0.25) is 0 Å². The van der Waals surface area contributed by atoms with Crippen LogP contribution in [0, 0.1) is 25.7 Å². The molecule has 1 aromatic carbocycles. The third-order valence-electron chi connectivity index (χ3n) is 4.41. The summed E-state index contributed by atoms with van der Waals surface area (Å²) in [6.07, 6.45) is 1.42. The molecule has 0 aliphatic heterocycles. The lowest BCUT2D eigenvalue weighted by Crippen LogP contribution is -2.34. The smallest absolute Gasteiger partial charge is 0.0449 e. The van der Waals surface area contributed by atoms with Gasteiger partial charge in [0.15, 0.2) is 0 Å². The van der Waals surface area contributed by atoms with Crippen LogP contribution in [0.4, 0.5) is 0 Å². The number of aryl methyl sites for hydroxylation is 2. The number of nitrogens with zero attached hydrogens (tertiary/aromatic N) is 1. The molecule has 1 aliphatic carbocycles. The van der Waals surface area contributed by atoms with Crippen LogP contribution in [-0.4, -0.2) is 31.6 Å². The van der Waals surface area contributed by atoms with Crippen molar-refractivity contribution in [2.45, 2.75) is 40.2 Å². The Morgan fingerprint density at radius 1 is 1.25 bits per heavy atom. The van der Waals surface area contributed by atoms with Gasteiger partial charge in [-0.2, -0.15) is 0 Å². The fraction of sp³-hybridized carbons (Fsp3) is 0.667. The maximum absolute atomic E-state index is 3.65. The molecule has 1 aliphatic rings. The molecule has 0 amide bonds. The molecular weight excluding hydrogens is 244 g/mol. The molecule has 0 spiro atoms. The highest BCUT2D eigenvalue weighted by atomic mass is 15.1. The Morgan fingerprint density at radius 3 is 2.35 bits per heavy atom. The van der Waals surface area contributed by atoms with Gasteiger partial charge in [-0.05, 0) is 51.3 Å². The molecule has 1 saturated carbocycles. The van der Waals surface area contributed by atoms with E-state index in [1.165, 1.54) is 29.7 Å². The first-order valence-corrected chi connectivity index (χ1v) is 7.99. The van der Waals surface area contributed by atoms with Crippen molar-refractivity contribution in [2.24, 2.45) is 11.8 Å². The first-order chi connectivity index (χ1) is 9.49. The first kappa shape index (κ1) is 15.5. The number of rotatable bonds is 7. The lowest BCUT2D eigenvalue weighted by molar-refractivity contribution is 0.278. The van der Waals surface area contributed by atoms with Gasteiger partial charge in [0.05, 0.1) is 0 Å². The van der Waals surface area contributed by atoms with Crippen LogP contribution >= 0.6 is 0 Å². The van der Waals surface area contributed by atoms with Crippen LogP contribution in [0.25, 0.3) is 0 Å². The second-order valence-electron chi connectivity index (χ2n) is 6.73. The minimum atomic E-state index is 0.442. The Morgan fingerprint density at radius 2 is 1.85 bits per heavy atom. The third kappa shape index (κ3) is 4.32. The summed E-state index contributed by atoms with van der Waals surface area (Å²) < 4.78 is 0. The van der Waals surface area contributed by atoms with Gasteiger partial charge in [0.25, 0.3) is 0 Å². The van der Waals surface area contributed by atoms with Crippen LogP contribution in [0.15, 0.2) is 18.2 Å². The molecule has 2 rings (SSSR count). The lowest BCUT2D eigenvalue weighted by Gasteiger charge is -2.26. The van der Waals surface area contributed by atoms with Crippen molar-refractivity contribution in [2.75, 3.05) is 26.7 Å². The summed E-state index contributed by atoms with van der Waals surface area (Å²) in [4.78, 5) is 2.50. The molecule has 1 fully saturated rings. The molecule has 2 nitrogen and oxygen atoms in total. The van der Waals surface area contributed by atoms with Crippen molar-refractivity contribution in [3.8, 4) is 0 Å². The van der Waals surface area contributed by atoms with Gasteiger partial charge in [0, 0.05) is 19.1 Å². The summed E-state index contributed by atoms with van der Waals surface area (Å²) in [5.74, 6) is 1.87. The number of nitrogens with one attached hydrogen (secondary N) is 1. The van der Waals surface area contributed by atoms with Crippen molar-refractivity contribution in [3.05, 3.63) is 34.9 Å². The summed E-state index contributed by atoms with van der Waals surface area (Å²) in [5.41, 5.74) is 4.16.